The molecule has 0 saturated heterocycles. The molecular weight excluding hydrogens is 396 g/mol. The lowest BCUT2D eigenvalue weighted by Crippen LogP contribution is -2.74. The molecule has 3 rings (SSSR count). The largest absolute Gasteiger partial charge is 0.489 e. The van der Waals surface area contributed by atoms with Gasteiger partial charge < -0.3 is 10.1 Å². The zero-order valence-electron chi connectivity index (χ0n) is 18.4. The second kappa shape index (κ2) is 7.96. The van der Waals surface area contributed by atoms with Gasteiger partial charge in [-0.2, -0.15) is 5.26 Å². The maximum Gasteiger partial charge on any atom is 0.251 e. The molecule has 1 saturated carbocycles. The Kier molecular flexibility index (Phi) is 5.89. The van der Waals surface area contributed by atoms with Crippen molar-refractivity contribution in [1.29, 1.82) is 5.26 Å². The highest BCUT2D eigenvalue weighted by Crippen LogP contribution is 2.55. The van der Waals surface area contributed by atoms with E-state index in [9.17, 15) is 4.79 Å². The highest BCUT2D eigenvalue weighted by Gasteiger charge is 2.64. The van der Waals surface area contributed by atoms with Crippen molar-refractivity contribution in [3.05, 3.63) is 64.2 Å². The molecule has 2 aromatic rings. The van der Waals surface area contributed by atoms with E-state index in [1.165, 1.54) is 5.56 Å². The van der Waals surface area contributed by atoms with Crippen molar-refractivity contribution >= 4 is 17.5 Å². The number of halogens is 1. The second-order valence-electron chi connectivity index (χ2n) is 9.58. The highest BCUT2D eigenvalue weighted by molar-refractivity contribution is 6.31. The van der Waals surface area contributed by atoms with E-state index in [2.05, 4.69) is 52.9 Å². The van der Waals surface area contributed by atoms with Crippen molar-refractivity contribution in [2.24, 2.45) is 10.8 Å². The molecule has 0 radical (unpaired) electrons. The molecule has 5 heteroatoms. The van der Waals surface area contributed by atoms with Gasteiger partial charge in [0.15, 0.2) is 0 Å². The molecule has 0 bridgehead atoms. The van der Waals surface area contributed by atoms with Crippen LogP contribution in [0.25, 0.3) is 0 Å². The molecule has 0 aliphatic heterocycles. The van der Waals surface area contributed by atoms with Crippen LogP contribution in [-0.4, -0.2) is 18.1 Å². The van der Waals surface area contributed by atoms with Gasteiger partial charge in [-0.25, -0.2) is 0 Å². The predicted octanol–water partition coefficient (Wildman–Crippen LogP) is 5.95. The van der Waals surface area contributed by atoms with Crippen LogP contribution in [0.3, 0.4) is 0 Å². The Hall–Kier alpha value is -2.51. The second-order valence-corrected chi connectivity index (χ2v) is 9.98. The quantitative estimate of drug-likeness (QED) is 0.645. The van der Waals surface area contributed by atoms with Crippen molar-refractivity contribution in [2.75, 3.05) is 0 Å². The monoisotopic (exact) mass is 424 g/mol. The number of nitrogens with one attached hydrogen (secondary N) is 1. The highest BCUT2D eigenvalue weighted by atomic mass is 35.5. The fourth-order valence-corrected chi connectivity index (χ4v) is 5.04. The molecule has 1 N–H and O–H groups in total. The summed E-state index contributed by atoms with van der Waals surface area (Å²) in [6.45, 7) is 12.7. The van der Waals surface area contributed by atoms with E-state index in [1.807, 2.05) is 24.3 Å². The van der Waals surface area contributed by atoms with E-state index >= 15 is 0 Å². The Bertz CT molecular complexity index is 971. The molecule has 4 nitrogen and oxygen atoms in total. The number of hydrogen-bond donors (Lipinski definition) is 1. The van der Waals surface area contributed by atoms with E-state index in [4.69, 9.17) is 21.6 Å². The molecule has 158 valence electrons. The average molecular weight is 425 g/mol. The summed E-state index contributed by atoms with van der Waals surface area (Å²) in [5, 5.41) is 12.6. The van der Waals surface area contributed by atoms with Crippen molar-refractivity contribution in [3.8, 4) is 11.8 Å². The number of rotatable bonds is 5. The Balaban J connectivity index is 1.74. The van der Waals surface area contributed by atoms with Crippen LogP contribution < -0.4 is 10.1 Å². The van der Waals surface area contributed by atoms with Crippen LogP contribution in [0.5, 0.6) is 5.75 Å². The van der Waals surface area contributed by atoms with Gasteiger partial charge in [0, 0.05) is 28.5 Å². The molecule has 0 heterocycles. The fourth-order valence-electron chi connectivity index (χ4n) is 4.83. The number of carbonyl (C=O) groups excluding carboxylic acids is 1. The maximum absolute atomic E-state index is 12.9. The van der Waals surface area contributed by atoms with Crippen LogP contribution in [0.2, 0.25) is 5.02 Å². The Labute approximate surface area is 184 Å². The number of carbonyl (C=O) groups is 1. The summed E-state index contributed by atoms with van der Waals surface area (Å²) >= 11 is 6.15. The molecule has 0 unspecified atom stereocenters. The summed E-state index contributed by atoms with van der Waals surface area (Å²) < 4.78 is 6.28. The number of hydrogen-bond acceptors (Lipinski definition) is 3. The first kappa shape index (κ1) is 22.2. The zero-order chi connectivity index (χ0) is 22.3. The number of nitriles is 1. The molecule has 2 aromatic carbocycles. The molecule has 0 aromatic heterocycles. The predicted molar refractivity (Wildman–Crippen MR) is 120 cm³/mol. The van der Waals surface area contributed by atoms with Gasteiger partial charge in [0.2, 0.25) is 0 Å². The summed E-state index contributed by atoms with van der Waals surface area (Å²) in [5.74, 6) is 0.982. The van der Waals surface area contributed by atoms with Crippen LogP contribution in [0.15, 0.2) is 42.5 Å². The third-order valence-corrected chi connectivity index (χ3v) is 6.58. The van der Waals surface area contributed by atoms with Gasteiger partial charge in [-0.3, -0.25) is 4.79 Å². The maximum atomic E-state index is 12.9. The summed E-state index contributed by atoms with van der Waals surface area (Å²) in [6, 6.07) is 14.9. The minimum atomic E-state index is -0.280. The molecule has 1 aliphatic rings. The van der Waals surface area contributed by atoms with Gasteiger partial charge >= 0.3 is 0 Å². The lowest BCUT2D eigenvalue weighted by atomic mass is 9.49. The normalized spacial score (nSPS) is 21.4. The fraction of sp³-hybridized carbons (Fsp3) is 0.440. The van der Waals surface area contributed by atoms with Crippen molar-refractivity contribution in [3.63, 3.8) is 0 Å². The van der Waals surface area contributed by atoms with Gasteiger partial charge in [0.25, 0.3) is 5.91 Å². The van der Waals surface area contributed by atoms with Crippen LogP contribution in [0.4, 0.5) is 0 Å². The first-order chi connectivity index (χ1) is 14.0. The Morgan fingerprint density at radius 1 is 1.10 bits per heavy atom. The number of ether oxygens (including phenoxy) is 1. The van der Waals surface area contributed by atoms with Crippen molar-refractivity contribution < 1.29 is 9.53 Å². The van der Waals surface area contributed by atoms with Crippen LogP contribution in [-0.2, 0) is 0 Å². The van der Waals surface area contributed by atoms with E-state index in [0.29, 0.717) is 27.8 Å². The van der Waals surface area contributed by atoms with E-state index in [1.54, 1.807) is 18.2 Å². The van der Waals surface area contributed by atoms with Gasteiger partial charge in [-0.05, 0) is 35.7 Å². The van der Waals surface area contributed by atoms with Gasteiger partial charge in [-0.1, -0.05) is 65.3 Å². The summed E-state index contributed by atoms with van der Waals surface area (Å²) in [7, 11) is 0. The Morgan fingerprint density at radius 2 is 1.70 bits per heavy atom. The smallest absolute Gasteiger partial charge is 0.251 e. The Morgan fingerprint density at radius 3 is 2.20 bits per heavy atom. The first-order valence-corrected chi connectivity index (χ1v) is 10.6. The van der Waals surface area contributed by atoms with E-state index in [0.717, 1.165) is 0 Å². The van der Waals surface area contributed by atoms with E-state index < -0.39 is 0 Å². The van der Waals surface area contributed by atoms with Gasteiger partial charge in [0.1, 0.15) is 17.9 Å². The molecule has 30 heavy (non-hydrogen) atoms. The standard InChI is InChI=1S/C25H29ClN2O2/c1-15(2)16-7-9-17(10-8-16)21(29)28-22-24(3,4)23(25(22,5)6)30-19-12-11-18(14-27)20(26)13-19/h7-13,15,22-23H,1-6H3,(H,28,29)/t22-,23-. The topological polar surface area (TPSA) is 62.1 Å². The van der Waals surface area contributed by atoms with E-state index in [-0.39, 0.29) is 28.9 Å². The average Bonchev–Trinajstić information content (AvgIpc) is 2.69. The van der Waals surface area contributed by atoms with Gasteiger partial charge in [-0.15, -0.1) is 0 Å². The summed E-state index contributed by atoms with van der Waals surface area (Å²) in [4.78, 5) is 12.9. The number of nitrogens with zero attached hydrogens (tertiary/aromatic N) is 1. The van der Waals surface area contributed by atoms with Crippen LogP contribution >= 0.6 is 11.6 Å². The number of amides is 1. The lowest BCUT2D eigenvalue weighted by Gasteiger charge is -2.63. The van der Waals surface area contributed by atoms with Crippen molar-refractivity contribution in [2.45, 2.75) is 59.6 Å². The summed E-state index contributed by atoms with van der Waals surface area (Å²) in [6.07, 6.45) is -0.123. The third kappa shape index (κ3) is 3.91. The molecule has 0 atom stereocenters. The molecule has 0 spiro atoms. The minimum absolute atomic E-state index is 0.0545. The number of benzene rings is 2. The molecule has 1 fully saturated rings. The first-order valence-electron chi connectivity index (χ1n) is 10.3. The molecule has 1 aliphatic carbocycles. The van der Waals surface area contributed by atoms with Crippen molar-refractivity contribution in [1.82, 2.24) is 5.32 Å². The SMILES string of the molecule is CC(C)c1ccc(C(=O)N[C@H]2C(C)(C)[C@H](Oc3ccc(C#N)c(Cl)c3)C2(C)C)cc1. The van der Waals surface area contributed by atoms with Crippen LogP contribution in [0.1, 0.15) is 68.9 Å². The van der Waals surface area contributed by atoms with Crippen LogP contribution in [0, 0.1) is 22.2 Å². The zero-order valence-corrected chi connectivity index (χ0v) is 19.2. The minimum Gasteiger partial charge on any atom is -0.489 e. The lowest BCUT2D eigenvalue weighted by molar-refractivity contribution is -0.164. The molecule has 1 amide bonds. The molecular formula is C25H29ClN2O2. The third-order valence-electron chi connectivity index (χ3n) is 6.27. The van der Waals surface area contributed by atoms with Gasteiger partial charge in [0.05, 0.1) is 10.6 Å². The summed E-state index contributed by atoms with van der Waals surface area (Å²) in [5.41, 5.74) is 1.74.